The largest absolute Gasteiger partial charge is 0.506 e. The molecule has 1 aromatic heterocycles. The van der Waals surface area contributed by atoms with Crippen molar-refractivity contribution in [3.63, 3.8) is 0 Å². The number of fused-ring (bicyclic) bond motifs is 1. The average molecular weight is 837 g/mol. The zero-order valence-electron chi connectivity index (χ0n) is 33.6. The fraction of sp³-hybridized carbons (Fsp3) is 0.581. The standard InChI is InChI=1S/C43H57ClN6O7S/c1-2-37-46-34(28-58-37)42(54)49-22-25-57-43(29-49)15-19-48(20-16-43)26-32-7-5-6-30(39(32)44)13-23-55-24-14-38(53)50(33-8-3-4-9-33)21-18-45-17-12-31-10-11-35(51)40-41(31)56-27-36(52)47-40/h5-7,10-11,28,33,45,51H,2-4,8-9,12-27,29H2,1H3,(H,47,52). The lowest BCUT2D eigenvalue weighted by atomic mass is 9.89. The summed E-state index contributed by atoms with van der Waals surface area (Å²) in [6.07, 6.45) is 8.55. The molecule has 15 heteroatoms. The van der Waals surface area contributed by atoms with Crippen molar-refractivity contribution in [2.24, 2.45) is 0 Å². The predicted molar refractivity (Wildman–Crippen MR) is 224 cm³/mol. The number of rotatable bonds is 17. The summed E-state index contributed by atoms with van der Waals surface area (Å²) in [4.78, 5) is 49.3. The first-order chi connectivity index (χ1) is 28.2. The van der Waals surface area contributed by atoms with Crippen LogP contribution in [0, 0.1) is 0 Å². The third-order valence-corrected chi connectivity index (χ3v) is 13.4. The van der Waals surface area contributed by atoms with E-state index in [1.807, 2.05) is 21.2 Å². The van der Waals surface area contributed by atoms with Crippen LogP contribution in [0.15, 0.2) is 35.7 Å². The van der Waals surface area contributed by atoms with Gasteiger partial charge in [0.1, 0.15) is 17.1 Å². The Labute approximate surface area is 350 Å². The lowest BCUT2D eigenvalue weighted by Gasteiger charge is -2.47. The molecule has 2 saturated heterocycles. The second-order valence-electron chi connectivity index (χ2n) is 15.8. The van der Waals surface area contributed by atoms with Crippen molar-refractivity contribution in [2.45, 2.75) is 89.3 Å². The number of nitrogens with one attached hydrogen (secondary N) is 2. The number of carbonyl (C=O) groups is 3. The van der Waals surface area contributed by atoms with Gasteiger partial charge in [-0.1, -0.05) is 55.6 Å². The van der Waals surface area contributed by atoms with Crippen molar-refractivity contribution in [3.05, 3.63) is 68.1 Å². The molecule has 3 aliphatic heterocycles. The number of anilines is 1. The number of hydrogen-bond acceptors (Lipinski definition) is 11. The van der Waals surface area contributed by atoms with Crippen molar-refractivity contribution in [1.82, 2.24) is 25.0 Å². The summed E-state index contributed by atoms with van der Waals surface area (Å²) in [6, 6.07) is 9.85. The van der Waals surface area contributed by atoms with Gasteiger partial charge in [0.05, 0.1) is 43.4 Å². The van der Waals surface area contributed by atoms with Crippen molar-refractivity contribution in [2.75, 3.05) is 77.6 Å². The number of piperidine rings is 1. The summed E-state index contributed by atoms with van der Waals surface area (Å²) in [6.45, 7) is 9.00. The highest BCUT2D eigenvalue weighted by Crippen LogP contribution is 2.39. The Kier molecular flexibility index (Phi) is 14.6. The molecule has 7 rings (SSSR count). The van der Waals surface area contributed by atoms with Crippen molar-refractivity contribution >= 4 is 46.3 Å². The van der Waals surface area contributed by atoms with Crippen molar-refractivity contribution in [1.29, 1.82) is 0 Å². The van der Waals surface area contributed by atoms with Crippen LogP contribution in [-0.4, -0.2) is 126 Å². The highest BCUT2D eigenvalue weighted by molar-refractivity contribution is 7.09. The van der Waals surface area contributed by atoms with E-state index < -0.39 is 0 Å². The number of phenolic OH excluding ortho intramolecular Hbond substituents is 1. The van der Waals surface area contributed by atoms with Crippen LogP contribution in [0.3, 0.4) is 0 Å². The number of phenols is 1. The lowest BCUT2D eigenvalue weighted by molar-refractivity contribution is -0.134. The maximum Gasteiger partial charge on any atom is 0.273 e. The number of hydrogen-bond donors (Lipinski definition) is 3. The van der Waals surface area contributed by atoms with Crippen molar-refractivity contribution < 1.29 is 33.7 Å². The molecule has 0 bridgehead atoms. The molecule has 3 N–H and O–H groups in total. The van der Waals surface area contributed by atoms with Gasteiger partial charge in [-0.05, 0) is 74.2 Å². The summed E-state index contributed by atoms with van der Waals surface area (Å²) in [5, 5.41) is 19.9. The van der Waals surface area contributed by atoms with Gasteiger partial charge in [-0.2, -0.15) is 0 Å². The molecule has 2 aromatic carbocycles. The minimum absolute atomic E-state index is 0.00409. The van der Waals surface area contributed by atoms with Gasteiger partial charge in [0.2, 0.25) is 5.91 Å². The second-order valence-corrected chi connectivity index (χ2v) is 17.1. The Balaban J connectivity index is 0.819. The van der Waals surface area contributed by atoms with E-state index in [-0.39, 0.29) is 41.7 Å². The summed E-state index contributed by atoms with van der Waals surface area (Å²) in [5.74, 6) is 0.346. The average Bonchev–Trinajstić information content (AvgIpc) is 3.95. The van der Waals surface area contributed by atoms with E-state index in [0.29, 0.717) is 88.9 Å². The fourth-order valence-electron chi connectivity index (χ4n) is 8.63. The van der Waals surface area contributed by atoms with Gasteiger partial charge >= 0.3 is 0 Å². The highest BCUT2D eigenvalue weighted by atomic mass is 35.5. The summed E-state index contributed by atoms with van der Waals surface area (Å²) < 4.78 is 18.0. The van der Waals surface area contributed by atoms with E-state index in [9.17, 15) is 19.5 Å². The third-order valence-electron chi connectivity index (χ3n) is 11.9. The monoisotopic (exact) mass is 836 g/mol. The molecule has 1 aliphatic carbocycles. The van der Waals surface area contributed by atoms with Gasteiger partial charge in [0.15, 0.2) is 12.4 Å². The summed E-state index contributed by atoms with van der Waals surface area (Å²) in [5.41, 5.74) is 3.58. The van der Waals surface area contributed by atoms with Crippen molar-refractivity contribution in [3.8, 4) is 11.5 Å². The van der Waals surface area contributed by atoms with Crippen LogP contribution in [0.1, 0.15) is 84.1 Å². The van der Waals surface area contributed by atoms with Gasteiger partial charge in [-0.3, -0.25) is 19.3 Å². The first-order valence-corrected chi connectivity index (χ1v) is 22.2. The van der Waals surface area contributed by atoms with Gasteiger partial charge < -0.3 is 39.8 Å². The first-order valence-electron chi connectivity index (χ1n) is 20.9. The topological polar surface area (TPSA) is 146 Å². The Morgan fingerprint density at radius 2 is 1.90 bits per heavy atom. The third kappa shape index (κ3) is 10.5. The van der Waals surface area contributed by atoms with Crippen LogP contribution in [0.4, 0.5) is 5.69 Å². The SMILES string of the molecule is CCc1nc(C(=O)N2CCOC3(CCN(Cc4cccc(CCOCCC(=O)N(CCNCCc5ccc(O)c6c5OCC(=O)N6)C5CCCC5)c4Cl)CC3)C2)cs1. The number of aromatic nitrogens is 1. The quantitative estimate of drug-likeness (QED) is 0.119. The number of halogens is 1. The number of nitrogens with zero attached hydrogens (tertiary/aromatic N) is 4. The number of carbonyl (C=O) groups excluding carboxylic acids is 3. The maximum absolute atomic E-state index is 13.5. The molecular formula is C43H57ClN6O7S. The van der Waals surface area contributed by atoms with Crippen LogP contribution in [-0.2, 0) is 44.9 Å². The lowest BCUT2D eigenvalue weighted by Crippen LogP contribution is -2.58. The van der Waals surface area contributed by atoms with Crippen LogP contribution >= 0.6 is 22.9 Å². The molecule has 4 heterocycles. The molecule has 0 unspecified atom stereocenters. The van der Waals surface area contributed by atoms with Crippen LogP contribution < -0.4 is 15.4 Å². The van der Waals surface area contributed by atoms with E-state index in [1.165, 1.54) is 0 Å². The number of morpholine rings is 1. The van der Waals surface area contributed by atoms with Gasteiger partial charge in [-0.25, -0.2) is 4.98 Å². The van der Waals surface area contributed by atoms with Gasteiger partial charge in [0, 0.05) is 55.7 Å². The molecule has 1 spiro atoms. The van der Waals surface area contributed by atoms with Crippen LogP contribution in [0.2, 0.25) is 5.02 Å². The first kappa shape index (κ1) is 42.3. The summed E-state index contributed by atoms with van der Waals surface area (Å²) >= 11 is 8.51. The number of ether oxygens (including phenoxy) is 3. The van der Waals surface area contributed by atoms with E-state index >= 15 is 0 Å². The minimum atomic E-state index is -0.321. The molecule has 0 radical (unpaired) electrons. The van der Waals surface area contributed by atoms with Gasteiger partial charge in [-0.15, -0.1) is 11.3 Å². The molecule has 1 saturated carbocycles. The second kappa shape index (κ2) is 20.0. The Morgan fingerprint density at radius 3 is 2.69 bits per heavy atom. The number of benzene rings is 2. The van der Waals surface area contributed by atoms with E-state index in [1.54, 1.807) is 17.4 Å². The van der Waals surface area contributed by atoms with E-state index in [4.69, 9.17) is 25.8 Å². The number of aromatic hydroxyl groups is 1. The molecule has 314 valence electrons. The maximum atomic E-state index is 13.5. The number of aryl methyl sites for hydroxylation is 1. The van der Waals surface area contributed by atoms with Gasteiger partial charge in [0.25, 0.3) is 11.8 Å². The zero-order chi connectivity index (χ0) is 40.5. The highest BCUT2D eigenvalue weighted by Gasteiger charge is 2.41. The molecule has 3 fully saturated rings. The molecule has 3 aromatic rings. The molecule has 0 atom stereocenters. The fourth-order valence-corrected chi connectivity index (χ4v) is 9.63. The predicted octanol–water partition coefficient (Wildman–Crippen LogP) is 5.46. The normalized spacial score (nSPS) is 18.2. The molecular weight excluding hydrogens is 780 g/mol. The van der Waals surface area contributed by atoms with Crippen LogP contribution in [0.25, 0.3) is 0 Å². The van der Waals surface area contributed by atoms with E-state index in [2.05, 4.69) is 45.6 Å². The van der Waals surface area contributed by atoms with Crippen LogP contribution in [0.5, 0.6) is 11.5 Å². The Hall–Kier alpha value is -3.79. The Morgan fingerprint density at radius 1 is 1.09 bits per heavy atom. The number of likely N-dealkylation sites (tertiary alicyclic amines) is 1. The number of thiazole rings is 1. The molecule has 13 nitrogen and oxygen atoms in total. The number of amides is 3. The minimum Gasteiger partial charge on any atom is -0.506 e. The molecule has 4 aliphatic rings. The molecule has 3 amide bonds. The molecule has 58 heavy (non-hydrogen) atoms. The zero-order valence-corrected chi connectivity index (χ0v) is 35.1. The Bertz CT molecular complexity index is 1900. The smallest absolute Gasteiger partial charge is 0.273 e. The summed E-state index contributed by atoms with van der Waals surface area (Å²) in [7, 11) is 0. The van der Waals surface area contributed by atoms with E-state index in [0.717, 1.165) is 91.3 Å².